The molecule has 0 radical (unpaired) electrons. The van der Waals surface area contributed by atoms with Gasteiger partial charge in [0, 0.05) is 0 Å². The fourth-order valence-electron chi connectivity index (χ4n) is 0.154. The molecule has 0 unspecified atom stereocenters. The lowest BCUT2D eigenvalue weighted by Crippen LogP contribution is -1.99. The van der Waals surface area contributed by atoms with Gasteiger partial charge in [-0.05, 0) is 0 Å². The summed E-state index contributed by atoms with van der Waals surface area (Å²) in [6.45, 7) is -0.933. The van der Waals surface area contributed by atoms with Gasteiger partial charge < -0.3 is 9.68 Å². The van der Waals surface area contributed by atoms with E-state index in [9.17, 15) is 9.81 Å². The van der Waals surface area contributed by atoms with Crippen LogP contribution < -0.4 is 0 Å². The van der Waals surface area contributed by atoms with E-state index in [1.54, 1.807) is 0 Å². The predicted molar refractivity (Wildman–Crippen MR) is 25.7 cm³/mol. The molecule has 0 aliphatic carbocycles. The van der Waals surface area contributed by atoms with Gasteiger partial charge in [-0.15, -0.1) is 9.81 Å². The van der Waals surface area contributed by atoms with E-state index in [0.717, 1.165) is 0 Å². The fraction of sp³-hybridized carbons (Fsp3) is 1.00. The quantitative estimate of drug-likeness (QED) is 0.170. The molecule has 0 heterocycles. The highest BCUT2D eigenvalue weighted by molar-refractivity contribution is 3.97. The van der Waals surface area contributed by atoms with E-state index < -0.39 is 13.6 Å². The Balaban J connectivity index is 2.76. The molecule has 0 aliphatic heterocycles. The summed E-state index contributed by atoms with van der Waals surface area (Å²) in [5.41, 5.74) is 0. The molecule has 0 fully saturated rings. The zero-order valence-corrected chi connectivity index (χ0v) is 4.76. The molecule has 0 atom stereocenters. The number of rotatable bonds is 7. The number of hydrogen-bond acceptors (Lipinski definition) is 8. The van der Waals surface area contributed by atoms with Gasteiger partial charge in [-0.25, -0.2) is 0 Å². The van der Waals surface area contributed by atoms with Crippen molar-refractivity contribution >= 4 is 0 Å². The minimum absolute atomic E-state index is 0.467. The second-order valence-electron chi connectivity index (χ2n) is 0.879. The van der Waals surface area contributed by atoms with E-state index >= 15 is 0 Å². The molecule has 0 rings (SSSR count). The Hall–Kier alpha value is -1.28. The highest BCUT2D eigenvalue weighted by Crippen LogP contribution is 1.82. The van der Waals surface area contributed by atoms with Crippen molar-refractivity contribution in [2.75, 3.05) is 13.6 Å². The molecule has 0 aromatic heterocycles. The summed E-state index contributed by atoms with van der Waals surface area (Å²) >= 11 is 0. The largest absolute Gasteiger partial charge is 0.332 e. The van der Waals surface area contributed by atoms with E-state index in [1.165, 1.54) is 0 Å². The van der Waals surface area contributed by atoms with Crippen molar-refractivity contribution in [3.8, 4) is 0 Å². The molecule has 0 saturated heterocycles. The Labute approximate surface area is 54.8 Å². The fourth-order valence-corrected chi connectivity index (χ4v) is 0.154. The van der Waals surface area contributed by atoms with E-state index in [2.05, 4.69) is 19.5 Å². The van der Waals surface area contributed by atoms with Crippen LogP contribution >= 0.6 is 0 Å². The summed E-state index contributed by atoms with van der Waals surface area (Å²) in [5.74, 6) is 0. The van der Waals surface area contributed by atoms with Crippen LogP contribution in [-0.4, -0.2) is 13.6 Å². The van der Waals surface area contributed by atoms with Crippen LogP contribution in [0, 0.1) is 9.81 Å². The van der Waals surface area contributed by atoms with Crippen LogP contribution in [0.3, 0.4) is 0 Å². The van der Waals surface area contributed by atoms with Crippen LogP contribution in [0.2, 0.25) is 0 Å². The van der Waals surface area contributed by atoms with Crippen LogP contribution in [0.25, 0.3) is 0 Å². The average molecular weight is 152 g/mol. The SMILES string of the molecule is O=NOCOOCON=O. The standard InChI is InChI=1S/C2H4N2O6/c5-3-7-1-9-10-2-8-4-6/h1-2H2. The van der Waals surface area contributed by atoms with E-state index in [4.69, 9.17) is 0 Å². The monoisotopic (exact) mass is 152 g/mol. The van der Waals surface area contributed by atoms with Crippen molar-refractivity contribution in [2.24, 2.45) is 10.7 Å². The zero-order valence-electron chi connectivity index (χ0n) is 4.76. The van der Waals surface area contributed by atoms with Crippen molar-refractivity contribution in [2.45, 2.75) is 0 Å². The maximum Gasteiger partial charge on any atom is 0.251 e. The molecule has 0 amide bonds. The Morgan fingerprint density at radius 3 is 1.60 bits per heavy atom. The molecule has 0 aliphatic rings. The molecule has 0 saturated carbocycles. The van der Waals surface area contributed by atoms with Crippen LogP contribution in [0.5, 0.6) is 0 Å². The maximum atomic E-state index is 9.19. The average Bonchev–Trinajstić information content (AvgIpc) is 1.97. The number of hydrogen-bond donors (Lipinski definition) is 0. The van der Waals surface area contributed by atoms with E-state index in [-0.39, 0.29) is 0 Å². The summed E-state index contributed by atoms with van der Waals surface area (Å²) in [5, 5.41) is 3.94. The van der Waals surface area contributed by atoms with Gasteiger partial charge in [-0.1, -0.05) is 0 Å². The number of nitrogens with zero attached hydrogens (tertiary/aromatic N) is 2. The Kier molecular flexibility index (Phi) is 6.73. The van der Waals surface area contributed by atoms with Crippen LogP contribution in [0.15, 0.2) is 10.7 Å². The minimum atomic E-state index is -0.467. The van der Waals surface area contributed by atoms with Crippen molar-refractivity contribution < 1.29 is 19.5 Å². The molecule has 0 N–H and O–H groups in total. The molecule has 0 spiro atoms. The summed E-state index contributed by atoms with van der Waals surface area (Å²) in [6.07, 6.45) is 0. The smallest absolute Gasteiger partial charge is 0.251 e. The third-order valence-electron chi connectivity index (χ3n) is 0.390. The first-order valence-corrected chi connectivity index (χ1v) is 2.05. The summed E-state index contributed by atoms with van der Waals surface area (Å²) in [4.78, 5) is 34.0. The first-order valence-electron chi connectivity index (χ1n) is 2.05. The first-order chi connectivity index (χ1) is 4.91. The Bertz CT molecular complexity index is 83.7. The molecule has 10 heavy (non-hydrogen) atoms. The minimum Gasteiger partial charge on any atom is -0.332 e. The second kappa shape index (κ2) is 7.72. The molecule has 8 heteroatoms. The first kappa shape index (κ1) is 8.72. The summed E-state index contributed by atoms with van der Waals surface area (Å²) < 4.78 is 0. The molecule has 8 nitrogen and oxygen atoms in total. The lowest BCUT2D eigenvalue weighted by molar-refractivity contribution is -0.369. The molecule has 58 valence electrons. The van der Waals surface area contributed by atoms with Gasteiger partial charge in [0.05, 0.1) is 0 Å². The normalized spacial score (nSPS) is 8.40. The van der Waals surface area contributed by atoms with Crippen molar-refractivity contribution in [1.82, 2.24) is 0 Å². The Morgan fingerprint density at radius 1 is 0.900 bits per heavy atom. The van der Waals surface area contributed by atoms with Crippen molar-refractivity contribution in [3.05, 3.63) is 9.81 Å². The van der Waals surface area contributed by atoms with Gasteiger partial charge in [-0.2, -0.15) is 9.78 Å². The van der Waals surface area contributed by atoms with Gasteiger partial charge in [0.25, 0.3) is 13.6 Å². The lowest BCUT2D eigenvalue weighted by Gasteiger charge is -1.96. The summed E-state index contributed by atoms with van der Waals surface area (Å²) in [6, 6.07) is 0. The highest BCUT2D eigenvalue weighted by atomic mass is 17.2. The predicted octanol–water partition coefficient (Wildman–Crippen LogP) is 0.246. The van der Waals surface area contributed by atoms with Gasteiger partial charge in [-0.3, -0.25) is 0 Å². The van der Waals surface area contributed by atoms with E-state index in [0.29, 0.717) is 0 Å². The molecular formula is C2H4N2O6. The van der Waals surface area contributed by atoms with Gasteiger partial charge in [0.1, 0.15) is 0 Å². The topological polar surface area (TPSA) is 95.8 Å². The maximum absolute atomic E-state index is 9.19. The van der Waals surface area contributed by atoms with Crippen LogP contribution in [-0.2, 0) is 19.5 Å². The van der Waals surface area contributed by atoms with Crippen LogP contribution in [0.1, 0.15) is 0 Å². The van der Waals surface area contributed by atoms with Crippen molar-refractivity contribution in [1.29, 1.82) is 0 Å². The van der Waals surface area contributed by atoms with E-state index in [1.807, 2.05) is 10.7 Å². The van der Waals surface area contributed by atoms with Gasteiger partial charge in [0.15, 0.2) is 10.7 Å². The van der Waals surface area contributed by atoms with Crippen molar-refractivity contribution in [3.63, 3.8) is 0 Å². The second-order valence-corrected chi connectivity index (χ2v) is 0.879. The van der Waals surface area contributed by atoms with Crippen LogP contribution in [0.4, 0.5) is 0 Å². The zero-order chi connectivity index (χ0) is 7.66. The van der Waals surface area contributed by atoms with Gasteiger partial charge in [0.2, 0.25) is 0 Å². The third-order valence-corrected chi connectivity index (χ3v) is 0.390. The molecule has 0 aromatic carbocycles. The lowest BCUT2D eigenvalue weighted by atomic mass is 11.5. The van der Waals surface area contributed by atoms with Gasteiger partial charge >= 0.3 is 0 Å². The molecule has 0 bridgehead atoms. The highest BCUT2D eigenvalue weighted by Gasteiger charge is 1.87. The third kappa shape index (κ3) is 6.72. The molecule has 0 aromatic rings. The Morgan fingerprint density at radius 2 is 1.30 bits per heavy atom. The summed E-state index contributed by atoms with van der Waals surface area (Å²) in [7, 11) is 0. The molecular weight excluding hydrogens is 148 g/mol.